The monoisotopic (exact) mass is 260 g/mol. The van der Waals surface area contributed by atoms with Crippen molar-refractivity contribution < 1.29 is 10.0 Å². The van der Waals surface area contributed by atoms with E-state index in [1.165, 1.54) is 5.46 Å². The topological polar surface area (TPSA) is 61.4 Å². The molecule has 0 bridgehead atoms. The average molecular weight is 260 g/mol. The van der Waals surface area contributed by atoms with Gasteiger partial charge in [0.25, 0.3) is 0 Å². The van der Waals surface area contributed by atoms with E-state index in [9.17, 15) is 4.79 Å². The molecule has 3 N–H and O–H groups in total. The van der Waals surface area contributed by atoms with Crippen molar-refractivity contribution in [1.82, 2.24) is 10.8 Å². The average Bonchev–Trinajstić information content (AvgIpc) is 2.42. The molecule has 0 aliphatic heterocycles. The highest BCUT2D eigenvalue weighted by atomic mass is 16.5. The molecule has 0 fully saturated rings. The first kappa shape index (κ1) is 15.3. The Hall–Kier alpha value is -1.75. The van der Waals surface area contributed by atoms with Crippen LogP contribution in [0.3, 0.4) is 0 Å². The van der Waals surface area contributed by atoms with Gasteiger partial charge in [-0.1, -0.05) is 42.7 Å². The smallest absolute Gasteiger partial charge is 0.243 e. The summed E-state index contributed by atoms with van der Waals surface area (Å²) in [6.45, 7) is 4.85. The summed E-state index contributed by atoms with van der Waals surface area (Å²) >= 11 is 0. The quantitative estimate of drug-likeness (QED) is 0.277. The van der Waals surface area contributed by atoms with Gasteiger partial charge < -0.3 is 5.32 Å². The normalized spacial score (nSPS) is 9.95. The van der Waals surface area contributed by atoms with Gasteiger partial charge in [0.15, 0.2) is 0 Å². The van der Waals surface area contributed by atoms with E-state index in [0.717, 1.165) is 37.1 Å². The summed E-state index contributed by atoms with van der Waals surface area (Å²) in [5, 5.41) is 11.6. The zero-order chi connectivity index (χ0) is 14.1. The van der Waals surface area contributed by atoms with Crippen molar-refractivity contribution in [3.63, 3.8) is 0 Å². The van der Waals surface area contributed by atoms with Gasteiger partial charge in [0.1, 0.15) is 7.85 Å². The second-order valence-corrected chi connectivity index (χ2v) is 4.62. The fourth-order valence-electron chi connectivity index (χ4n) is 1.74. The lowest BCUT2D eigenvalue weighted by atomic mass is 9.95. The van der Waals surface area contributed by atoms with Crippen LogP contribution >= 0.6 is 0 Å². The largest absolute Gasteiger partial charge is 0.385 e. The minimum atomic E-state index is -0.322. The van der Waals surface area contributed by atoms with E-state index in [0.29, 0.717) is 6.42 Å². The van der Waals surface area contributed by atoms with Gasteiger partial charge in [0.05, 0.1) is 0 Å². The number of hydrogen-bond donors (Lipinski definition) is 3. The van der Waals surface area contributed by atoms with E-state index in [1.807, 2.05) is 0 Å². The molecular weight excluding hydrogens is 239 g/mol. The highest BCUT2D eigenvalue weighted by Crippen LogP contribution is 2.07. The lowest BCUT2D eigenvalue weighted by Crippen LogP contribution is -2.18. The fourth-order valence-corrected chi connectivity index (χ4v) is 1.74. The first-order chi connectivity index (χ1) is 9.13. The van der Waals surface area contributed by atoms with Crippen LogP contribution in [-0.2, 0) is 4.79 Å². The zero-order valence-electron chi connectivity index (χ0n) is 11.4. The molecule has 102 valence electrons. The van der Waals surface area contributed by atoms with Gasteiger partial charge in [-0.25, -0.2) is 5.48 Å². The summed E-state index contributed by atoms with van der Waals surface area (Å²) in [6, 6.07) is 8.23. The highest BCUT2D eigenvalue weighted by Gasteiger charge is 1.99. The lowest BCUT2D eigenvalue weighted by Gasteiger charge is -2.10. The zero-order valence-corrected chi connectivity index (χ0v) is 11.4. The standard InChI is InChI=1S/C14H21BN2O2/c1-11(12-6-8-13(15)9-7-12)16-10-4-2-3-5-14(18)17-19/h6-9,16,19H,1-5,10,15H2,(H,17,18). The summed E-state index contributed by atoms with van der Waals surface area (Å²) in [5.74, 6) is -0.322. The number of benzene rings is 1. The number of unbranched alkanes of at least 4 members (excludes halogenated alkanes) is 2. The van der Waals surface area contributed by atoms with E-state index < -0.39 is 0 Å². The Morgan fingerprint density at radius 3 is 2.53 bits per heavy atom. The highest BCUT2D eigenvalue weighted by molar-refractivity contribution is 6.32. The third-order valence-corrected chi connectivity index (χ3v) is 2.94. The van der Waals surface area contributed by atoms with Gasteiger partial charge in [0, 0.05) is 18.7 Å². The third-order valence-electron chi connectivity index (χ3n) is 2.94. The van der Waals surface area contributed by atoms with Crippen LogP contribution in [0.4, 0.5) is 0 Å². The van der Waals surface area contributed by atoms with E-state index in [4.69, 9.17) is 5.21 Å². The molecule has 5 heteroatoms. The number of amides is 1. The van der Waals surface area contributed by atoms with Gasteiger partial charge in [-0.15, -0.1) is 0 Å². The molecule has 4 nitrogen and oxygen atoms in total. The van der Waals surface area contributed by atoms with Crippen LogP contribution in [0.15, 0.2) is 30.8 Å². The van der Waals surface area contributed by atoms with Crippen LogP contribution in [0.2, 0.25) is 0 Å². The first-order valence-electron chi connectivity index (χ1n) is 6.56. The van der Waals surface area contributed by atoms with E-state index >= 15 is 0 Å². The Balaban J connectivity index is 2.14. The van der Waals surface area contributed by atoms with Crippen molar-refractivity contribution in [2.45, 2.75) is 25.7 Å². The molecule has 19 heavy (non-hydrogen) atoms. The van der Waals surface area contributed by atoms with E-state index in [2.05, 4.69) is 44.0 Å². The predicted molar refractivity (Wildman–Crippen MR) is 80.1 cm³/mol. The number of rotatable bonds is 8. The predicted octanol–water partition coefficient (Wildman–Crippen LogP) is 0.571. The molecule has 0 saturated heterocycles. The van der Waals surface area contributed by atoms with Crippen LogP contribution < -0.4 is 16.3 Å². The summed E-state index contributed by atoms with van der Waals surface area (Å²) in [5.41, 5.74) is 4.89. The van der Waals surface area contributed by atoms with Crippen molar-refractivity contribution in [2.24, 2.45) is 0 Å². The van der Waals surface area contributed by atoms with E-state index in [-0.39, 0.29) is 5.91 Å². The maximum absolute atomic E-state index is 10.8. The van der Waals surface area contributed by atoms with Gasteiger partial charge in [-0.3, -0.25) is 10.0 Å². The molecule has 1 aromatic rings. The summed E-state index contributed by atoms with van der Waals surface area (Å²) in [4.78, 5) is 10.8. The molecule has 1 rings (SSSR count). The van der Waals surface area contributed by atoms with Crippen LogP contribution in [-0.4, -0.2) is 25.5 Å². The van der Waals surface area contributed by atoms with Crippen LogP contribution in [0.25, 0.3) is 5.70 Å². The van der Waals surface area contributed by atoms with Gasteiger partial charge in [-0.2, -0.15) is 0 Å². The number of hydrogen-bond acceptors (Lipinski definition) is 3. The van der Waals surface area contributed by atoms with Gasteiger partial charge >= 0.3 is 0 Å². The Bertz CT molecular complexity index is 418. The summed E-state index contributed by atoms with van der Waals surface area (Å²) in [7, 11) is 2.06. The van der Waals surface area contributed by atoms with Crippen molar-refractivity contribution >= 4 is 24.9 Å². The van der Waals surface area contributed by atoms with E-state index in [1.54, 1.807) is 5.48 Å². The van der Waals surface area contributed by atoms with Crippen LogP contribution in [0.5, 0.6) is 0 Å². The molecule has 0 unspecified atom stereocenters. The molecular formula is C14H21BN2O2. The molecule has 0 atom stereocenters. The number of carbonyl (C=O) groups excluding carboxylic acids is 1. The van der Waals surface area contributed by atoms with Crippen molar-refractivity contribution in [2.75, 3.05) is 6.54 Å². The molecule has 1 amide bonds. The number of hydroxylamine groups is 1. The van der Waals surface area contributed by atoms with Gasteiger partial charge in [-0.05, 0) is 18.4 Å². The first-order valence-corrected chi connectivity index (χ1v) is 6.56. The second-order valence-electron chi connectivity index (χ2n) is 4.62. The van der Waals surface area contributed by atoms with Crippen molar-refractivity contribution in [3.8, 4) is 0 Å². The summed E-state index contributed by atoms with van der Waals surface area (Å²) < 4.78 is 0. The lowest BCUT2D eigenvalue weighted by molar-refractivity contribution is -0.129. The Labute approximate surface area is 115 Å². The number of nitrogens with one attached hydrogen (secondary N) is 2. The fraction of sp³-hybridized carbons (Fsp3) is 0.357. The maximum atomic E-state index is 10.8. The second kappa shape index (κ2) is 8.37. The molecule has 0 aromatic heterocycles. The molecule has 0 spiro atoms. The van der Waals surface area contributed by atoms with Crippen LogP contribution in [0, 0.1) is 0 Å². The molecule has 0 heterocycles. The Morgan fingerprint density at radius 2 is 1.89 bits per heavy atom. The molecule has 1 aromatic carbocycles. The summed E-state index contributed by atoms with van der Waals surface area (Å²) in [6.07, 6.45) is 3.08. The molecule has 0 radical (unpaired) electrons. The molecule has 0 saturated carbocycles. The Morgan fingerprint density at radius 1 is 1.21 bits per heavy atom. The number of carbonyl (C=O) groups is 1. The molecule has 0 aliphatic rings. The van der Waals surface area contributed by atoms with Crippen molar-refractivity contribution in [3.05, 3.63) is 36.4 Å². The maximum Gasteiger partial charge on any atom is 0.243 e. The Kier molecular flexibility index (Phi) is 6.75. The van der Waals surface area contributed by atoms with Gasteiger partial charge in [0.2, 0.25) is 5.91 Å². The SMILES string of the molecule is Bc1ccc(C(=C)NCCCCCC(=O)NO)cc1. The van der Waals surface area contributed by atoms with Crippen LogP contribution in [0.1, 0.15) is 31.2 Å². The van der Waals surface area contributed by atoms with Crippen molar-refractivity contribution in [1.29, 1.82) is 0 Å². The third kappa shape index (κ3) is 6.11. The minimum Gasteiger partial charge on any atom is -0.385 e. The minimum absolute atomic E-state index is 0.322. The molecule has 0 aliphatic carbocycles.